The quantitative estimate of drug-likeness (QED) is 0.453. The summed E-state index contributed by atoms with van der Waals surface area (Å²) in [6, 6.07) is 5.73. The Morgan fingerprint density at radius 2 is 2.12 bits per heavy atom. The van der Waals surface area contributed by atoms with Crippen molar-refractivity contribution in [1.82, 2.24) is 15.6 Å². The van der Waals surface area contributed by atoms with Crippen LogP contribution in [0.15, 0.2) is 46.1 Å². The Hall–Kier alpha value is -2.71. The number of nitrogens with zero attached hydrogens (tertiary/aromatic N) is 2. The van der Waals surface area contributed by atoms with Gasteiger partial charge in [-0.05, 0) is 31.2 Å². The van der Waals surface area contributed by atoms with Crippen molar-refractivity contribution in [2.24, 2.45) is 4.99 Å². The lowest BCUT2D eigenvalue weighted by Gasteiger charge is -2.14. The Morgan fingerprint density at radius 3 is 2.80 bits per heavy atom. The average molecular weight is 356 g/mol. The van der Waals surface area contributed by atoms with E-state index in [2.05, 4.69) is 20.6 Å². The molecule has 0 aliphatic carbocycles. The van der Waals surface area contributed by atoms with Crippen LogP contribution in [0.4, 0.5) is 13.2 Å². The molecule has 2 rings (SSSR count). The minimum atomic E-state index is -4.50. The minimum Gasteiger partial charge on any atom is -0.475 e. The number of guanidine groups is 1. The number of furan rings is 1. The summed E-state index contributed by atoms with van der Waals surface area (Å²) >= 11 is 0. The largest absolute Gasteiger partial charge is 0.475 e. The zero-order valence-electron chi connectivity index (χ0n) is 13.6. The zero-order chi connectivity index (χ0) is 18.1. The molecule has 0 saturated carbocycles. The van der Waals surface area contributed by atoms with Gasteiger partial charge in [-0.2, -0.15) is 13.2 Å². The second-order valence-corrected chi connectivity index (χ2v) is 4.90. The Labute approximate surface area is 143 Å². The van der Waals surface area contributed by atoms with Crippen molar-refractivity contribution in [3.05, 3.63) is 48.0 Å². The number of ether oxygens (including phenoxy) is 1. The van der Waals surface area contributed by atoms with E-state index in [0.29, 0.717) is 24.8 Å². The van der Waals surface area contributed by atoms with E-state index in [1.807, 2.05) is 6.92 Å². The van der Waals surface area contributed by atoms with Crippen LogP contribution in [-0.4, -0.2) is 30.6 Å². The van der Waals surface area contributed by atoms with Crippen molar-refractivity contribution in [3.8, 4) is 5.88 Å². The number of aliphatic imine (C=N–C) groups is 1. The van der Waals surface area contributed by atoms with Gasteiger partial charge in [0, 0.05) is 12.7 Å². The predicted octanol–water partition coefficient (Wildman–Crippen LogP) is 2.83. The molecule has 2 aromatic heterocycles. The highest BCUT2D eigenvalue weighted by atomic mass is 19.4. The molecule has 0 spiro atoms. The summed E-state index contributed by atoms with van der Waals surface area (Å²) in [6.07, 6.45) is -1.69. The van der Waals surface area contributed by atoms with Crippen molar-refractivity contribution in [3.63, 3.8) is 0 Å². The van der Waals surface area contributed by atoms with Gasteiger partial charge in [0.25, 0.3) is 0 Å². The molecule has 0 fully saturated rings. The number of pyridine rings is 1. The Morgan fingerprint density at radius 1 is 1.28 bits per heavy atom. The van der Waals surface area contributed by atoms with E-state index in [1.54, 1.807) is 18.4 Å². The molecular formula is C16H19F3N4O2. The second-order valence-electron chi connectivity index (χ2n) is 4.90. The fourth-order valence-corrected chi connectivity index (χ4v) is 1.94. The molecule has 0 radical (unpaired) electrons. The summed E-state index contributed by atoms with van der Waals surface area (Å²) < 4.78 is 48.9. The lowest BCUT2D eigenvalue weighted by atomic mass is 10.2. The van der Waals surface area contributed by atoms with Crippen molar-refractivity contribution < 1.29 is 22.3 Å². The van der Waals surface area contributed by atoms with Gasteiger partial charge in [0.05, 0.1) is 12.8 Å². The van der Waals surface area contributed by atoms with Crippen molar-refractivity contribution in [2.45, 2.75) is 19.6 Å². The Bertz CT molecular complexity index is 672. The lowest BCUT2D eigenvalue weighted by molar-refractivity contribution is -0.139. The molecule has 0 aliphatic heterocycles. The molecule has 0 atom stereocenters. The molecule has 0 saturated heterocycles. The summed E-state index contributed by atoms with van der Waals surface area (Å²) in [5.74, 6) is 0.783. The van der Waals surface area contributed by atoms with E-state index in [0.717, 1.165) is 6.07 Å². The van der Waals surface area contributed by atoms with Crippen LogP contribution in [-0.2, 0) is 12.7 Å². The molecule has 0 bridgehead atoms. The zero-order valence-corrected chi connectivity index (χ0v) is 13.6. The Balaban J connectivity index is 1.85. The maximum atomic E-state index is 12.8. The number of nitrogens with one attached hydrogen (secondary N) is 2. The molecule has 2 heterocycles. The number of alkyl halides is 3. The van der Waals surface area contributed by atoms with Crippen LogP contribution in [0.1, 0.15) is 18.2 Å². The smallest absolute Gasteiger partial charge is 0.421 e. The number of aromatic nitrogens is 1. The third-order valence-corrected chi connectivity index (χ3v) is 3.03. The first-order chi connectivity index (χ1) is 12.0. The molecule has 6 nitrogen and oxygen atoms in total. The monoisotopic (exact) mass is 356 g/mol. The van der Waals surface area contributed by atoms with Crippen LogP contribution in [0, 0.1) is 0 Å². The molecule has 136 valence electrons. The van der Waals surface area contributed by atoms with Crippen molar-refractivity contribution in [2.75, 3.05) is 19.7 Å². The lowest BCUT2D eigenvalue weighted by Crippen LogP contribution is -2.39. The van der Waals surface area contributed by atoms with Gasteiger partial charge in [0.2, 0.25) is 5.88 Å². The SMILES string of the molecule is CCNC(=NCc1ccco1)NCCOc1ncccc1C(F)(F)F. The summed E-state index contributed by atoms with van der Waals surface area (Å²) in [7, 11) is 0. The van der Waals surface area contributed by atoms with Crippen LogP contribution < -0.4 is 15.4 Å². The van der Waals surface area contributed by atoms with Gasteiger partial charge in [0.15, 0.2) is 5.96 Å². The maximum absolute atomic E-state index is 12.8. The van der Waals surface area contributed by atoms with Gasteiger partial charge >= 0.3 is 6.18 Å². The molecule has 0 unspecified atom stereocenters. The first kappa shape index (κ1) is 18.6. The van der Waals surface area contributed by atoms with Gasteiger partial charge < -0.3 is 19.8 Å². The number of hydrogen-bond acceptors (Lipinski definition) is 4. The van der Waals surface area contributed by atoms with Crippen LogP contribution in [0.3, 0.4) is 0 Å². The van der Waals surface area contributed by atoms with Gasteiger partial charge in [-0.15, -0.1) is 0 Å². The molecule has 0 aromatic carbocycles. The first-order valence-corrected chi connectivity index (χ1v) is 7.70. The molecule has 2 N–H and O–H groups in total. The van der Waals surface area contributed by atoms with Crippen LogP contribution in [0.25, 0.3) is 0 Å². The summed E-state index contributed by atoms with van der Waals surface area (Å²) in [5, 5.41) is 6.00. The van der Waals surface area contributed by atoms with E-state index < -0.39 is 17.6 Å². The van der Waals surface area contributed by atoms with Crippen molar-refractivity contribution in [1.29, 1.82) is 0 Å². The van der Waals surface area contributed by atoms with Crippen LogP contribution in [0.5, 0.6) is 5.88 Å². The summed E-state index contributed by atoms with van der Waals surface area (Å²) in [4.78, 5) is 7.95. The van der Waals surface area contributed by atoms with Gasteiger partial charge in [-0.3, -0.25) is 0 Å². The second kappa shape index (κ2) is 8.95. The van der Waals surface area contributed by atoms with Crippen LogP contribution in [0.2, 0.25) is 0 Å². The number of hydrogen-bond donors (Lipinski definition) is 2. The van der Waals surface area contributed by atoms with E-state index in [-0.39, 0.29) is 13.2 Å². The first-order valence-electron chi connectivity index (χ1n) is 7.70. The standard InChI is InChI=1S/C16H19F3N4O2/c1-2-20-15(23-11-12-5-4-9-24-12)22-8-10-25-14-13(16(17,18)19)6-3-7-21-14/h3-7,9H,2,8,10-11H2,1H3,(H2,20,22,23). The summed E-state index contributed by atoms with van der Waals surface area (Å²) in [6.45, 7) is 3.16. The molecule has 2 aromatic rings. The van der Waals surface area contributed by atoms with Gasteiger partial charge in [-0.25, -0.2) is 9.98 Å². The fourth-order valence-electron chi connectivity index (χ4n) is 1.94. The Kier molecular flexibility index (Phi) is 6.67. The maximum Gasteiger partial charge on any atom is 0.421 e. The normalized spacial score (nSPS) is 12.1. The predicted molar refractivity (Wildman–Crippen MR) is 86.3 cm³/mol. The molecule has 0 amide bonds. The molecule has 25 heavy (non-hydrogen) atoms. The third-order valence-electron chi connectivity index (χ3n) is 3.03. The van der Waals surface area contributed by atoms with E-state index >= 15 is 0 Å². The highest BCUT2D eigenvalue weighted by Crippen LogP contribution is 2.34. The molecule has 0 aliphatic rings. The topological polar surface area (TPSA) is 71.7 Å². The summed E-state index contributed by atoms with van der Waals surface area (Å²) in [5.41, 5.74) is -0.895. The molecular weight excluding hydrogens is 337 g/mol. The fraction of sp³-hybridized carbons (Fsp3) is 0.375. The number of rotatable bonds is 7. The number of halogens is 3. The average Bonchev–Trinajstić information content (AvgIpc) is 3.09. The minimum absolute atomic E-state index is 0.00522. The van der Waals surface area contributed by atoms with E-state index in [4.69, 9.17) is 9.15 Å². The van der Waals surface area contributed by atoms with Gasteiger partial charge in [-0.1, -0.05) is 0 Å². The van der Waals surface area contributed by atoms with Gasteiger partial charge in [0.1, 0.15) is 24.5 Å². The highest BCUT2D eigenvalue weighted by molar-refractivity contribution is 5.79. The molecule has 9 heteroatoms. The van der Waals surface area contributed by atoms with Crippen molar-refractivity contribution >= 4 is 5.96 Å². The van der Waals surface area contributed by atoms with E-state index in [9.17, 15) is 13.2 Å². The van der Waals surface area contributed by atoms with Crippen LogP contribution >= 0.6 is 0 Å². The third kappa shape index (κ3) is 6.02. The highest BCUT2D eigenvalue weighted by Gasteiger charge is 2.34. The van der Waals surface area contributed by atoms with E-state index in [1.165, 1.54) is 12.3 Å².